The molecular weight excluding hydrogens is 250 g/mol. The maximum Gasteiger partial charge on any atom is 0.513 e. The van der Waals surface area contributed by atoms with E-state index in [-0.39, 0.29) is 25.7 Å². The molecule has 0 fully saturated rings. The highest BCUT2D eigenvalue weighted by molar-refractivity contribution is 5.94. The highest BCUT2D eigenvalue weighted by Gasteiger charge is 2.11. The van der Waals surface area contributed by atoms with Gasteiger partial charge in [0.1, 0.15) is 5.75 Å². The van der Waals surface area contributed by atoms with E-state index >= 15 is 0 Å². The van der Waals surface area contributed by atoms with Crippen molar-refractivity contribution in [1.29, 1.82) is 0 Å². The van der Waals surface area contributed by atoms with E-state index in [1.807, 2.05) is 0 Å². The molecule has 0 aliphatic rings. The second kappa shape index (κ2) is 7.38. The van der Waals surface area contributed by atoms with Gasteiger partial charge in [0, 0.05) is 19.2 Å². The molecule has 0 aliphatic carbocycles. The number of rotatable bonds is 5. The molecule has 0 heterocycles. The van der Waals surface area contributed by atoms with Gasteiger partial charge in [0.15, 0.2) is 0 Å². The molecule has 1 aromatic rings. The second-order valence-electron chi connectivity index (χ2n) is 3.76. The zero-order valence-corrected chi connectivity index (χ0v) is 11.0. The van der Waals surface area contributed by atoms with Crippen molar-refractivity contribution in [3.8, 4) is 5.75 Å². The Labute approximate surface area is 111 Å². The number of hydrogen-bond acceptors (Lipinski definition) is 5. The first-order chi connectivity index (χ1) is 9.08. The van der Waals surface area contributed by atoms with Gasteiger partial charge in [0.05, 0.1) is 13.2 Å². The van der Waals surface area contributed by atoms with Gasteiger partial charge >= 0.3 is 6.16 Å². The maximum atomic E-state index is 11.9. The molecular formula is C13H17NO5. The number of carbonyl (C=O) groups is 2. The lowest BCUT2D eigenvalue weighted by atomic mass is 10.2. The van der Waals surface area contributed by atoms with Crippen molar-refractivity contribution < 1.29 is 24.2 Å². The molecule has 1 rings (SSSR count). The van der Waals surface area contributed by atoms with Crippen LogP contribution < -0.4 is 4.74 Å². The fourth-order valence-electron chi connectivity index (χ4n) is 1.38. The molecule has 6 nitrogen and oxygen atoms in total. The summed E-state index contributed by atoms with van der Waals surface area (Å²) in [4.78, 5) is 24.3. The second-order valence-corrected chi connectivity index (χ2v) is 3.76. The highest BCUT2D eigenvalue weighted by atomic mass is 16.7. The first-order valence-electron chi connectivity index (χ1n) is 5.89. The summed E-state index contributed by atoms with van der Waals surface area (Å²) in [5, 5.41) is 8.76. The molecule has 19 heavy (non-hydrogen) atoms. The van der Waals surface area contributed by atoms with Crippen LogP contribution in [0.5, 0.6) is 5.75 Å². The summed E-state index contributed by atoms with van der Waals surface area (Å²) in [6, 6.07) is 6.11. The normalized spacial score (nSPS) is 9.84. The summed E-state index contributed by atoms with van der Waals surface area (Å²) < 4.78 is 9.50. The van der Waals surface area contributed by atoms with E-state index in [0.29, 0.717) is 11.3 Å². The topological polar surface area (TPSA) is 76.1 Å². The van der Waals surface area contributed by atoms with Crippen LogP contribution in [0.1, 0.15) is 17.3 Å². The molecule has 0 aliphatic heterocycles. The number of ether oxygens (including phenoxy) is 2. The van der Waals surface area contributed by atoms with Gasteiger partial charge < -0.3 is 19.5 Å². The Morgan fingerprint density at radius 1 is 1.26 bits per heavy atom. The van der Waals surface area contributed by atoms with Gasteiger partial charge in [-0.25, -0.2) is 4.79 Å². The number of amides is 1. The minimum Gasteiger partial charge on any atom is -0.434 e. The third kappa shape index (κ3) is 4.59. The molecule has 1 aromatic carbocycles. The van der Waals surface area contributed by atoms with Crippen LogP contribution in [0.3, 0.4) is 0 Å². The molecule has 0 bridgehead atoms. The van der Waals surface area contributed by atoms with Crippen LogP contribution in [0.2, 0.25) is 0 Å². The van der Waals surface area contributed by atoms with E-state index in [9.17, 15) is 9.59 Å². The molecule has 1 amide bonds. The fourth-order valence-corrected chi connectivity index (χ4v) is 1.38. The first-order valence-corrected chi connectivity index (χ1v) is 5.89. The summed E-state index contributed by atoms with van der Waals surface area (Å²) in [6.07, 6.45) is -0.779. The van der Waals surface area contributed by atoms with Gasteiger partial charge in [-0.1, -0.05) is 0 Å². The minimum absolute atomic E-state index is 0.0910. The van der Waals surface area contributed by atoms with Gasteiger partial charge in [-0.3, -0.25) is 4.79 Å². The van der Waals surface area contributed by atoms with Crippen molar-refractivity contribution in [2.45, 2.75) is 6.92 Å². The van der Waals surface area contributed by atoms with Gasteiger partial charge in [-0.2, -0.15) is 0 Å². The molecule has 1 N–H and O–H groups in total. The molecule has 0 radical (unpaired) electrons. The largest absolute Gasteiger partial charge is 0.513 e. The Kier molecular flexibility index (Phi) is 5.81. The van der Waals surface area contributed by atoms with Crippen molar-refractivity contribution in [2.75, 3.05) is 26.8 Å². The Balaban J connectivity index is 2.65. The number of aliphatic hydroxyl groups is 1. The smallest absolute Gasteiger partial charge is 0.434 e. The molecule has 6 heteroatoms. The summed E-state index contributed by atoms with van der Waals surface area (Å²) >= 11 is 0. The molecule has 0 saturated heterocycles. The average Bonchev–Trinajstić information content (AvgIpc) is 2.39. The monoisotopic (exact) mass is 267 g/mol. The van der Waals surface area contributed by atoms with Crippen LogP contribution in [-0.4, -0.2) is 48.9 Å². The van der Waals surface area contributed by atoms with Crippen molar-refractivity contribution in [1.82, 2.24) is 4.90 Å². The maximum absolute atomic E-state index is 11.9. The van der Waals surface area contributed by atoms with Crippen molar-refractivity contribution >= 4 is 12.1 Å². The van der Waals surface area contributed by atoms with Gasteiger partial charge in [0.25, 0.3) is 5.91 Å². The lowest BCUT2D eigenvalue weighted by Gasteiger charge is -2.15. The van der Waals surface area contributed by atoms with Gasteiger partial charge in [-0.15, -0.1) is 0 Å². The lowest BCUT2D eigenvalue weighted by Crippen LogP contribution is -2.29. The van der Waals surface area contributed by atoms with Crippen molar-refractivity contribution in [2.24, 2.45) is 0 Å². The van der Waals surface area contributed by atoms with E-state index in [1.54, 1.807) is 26.1 Å². The van der Waals surface area contributed by atoms with Crippen molar-refractivity contribution in [3.05, 3.63) is 29.8 Å². The average molecular weight is 267 g/mol. The van der Waals surface area contributed by atoms with Gasteiger partial charge in [-0.05, 0) is 31.2 Å². The lowest BCUT2D eigenvalue weighted by molar-refractivity contribution is 0.0767. The Hall–Kier alpha value is -2.08. The highest BCUT2D eigenvalue weighted by Crippen LogP contribution is 2.14. The van der Waals surface area contributed by atoms with Crippen LogP contribution in [0.25, 0.3) is 0 Å². The molecule has 104 valence electrons. The number of likely N-dealkylation sites (N-methyl/N-ethyl adjacent to an activating group) is 1. The fraction of sp³-hybridized carbons (Fsp3) is 0.385. The van der Waals surface area contributed by atoms with E-state index in [0.717, 1.165) is 0 Å². The predicted octanol–water partition coefficient (Wildman–Crippen LogP) is 1.29. The predicted molar refractivity (Wildman–Crippen MR) is 68.1 cm³/mol. The van der Waals surface area contributed by atoms with Gasteiger partial charge in [0.2, 0.25) is 0 Å². The van der Waals surface area contributed by atoms with E-state index in [1.165, 1.54) is 17.0 Å². The van der Waals surface area contributed by atoms with Crippen LogP contribution in [0.15, 0.2) is 24.3 Å². The summed E-state index contributed by atoms with van der Waals surface area (Å²) in [6.45, 7) is 2.09. The third-order valence-corrected chi connectivity index (χ3v) is 2.35. The van der Waals surface area contributed by atoms with Crippen LogP contribution in [0.4, 0.5) is 4.79 Å². The standard InChI is InChI=1S/C13H17NO5/c1-3-18-13(17)19-11-6-4-10(5-7-11)12(16)14(2)8-9-15/h4-7,15H,3,8-9H2,1-2H3. The molecule has 0 aromatic heterocycles. The summed E-state index contributed by atoms with van der Waals surface area (Å²) in [7, 11) is 1.60. The molecule has 0 unspecified atom stereocenters. The zero-order valence-electron chi connectivity index (χ0n) is 11.0. The SMILES string of the molecule is CCOC(=O)Oc1ccc(C(=O)N(C)CCO)cc1. The minimum atomic E-state index is -0.779. The van der Waals surface area contributed by atoms with Crippen molar-refractivity contribution in [3.63, 3.8) is 0 Å². The van der Waals surface area contributed by atoms with E-state index in [2.05, 4.69) is 4.74 Å². The number of hydrogen-bond donors (Lipinski definition) is 1. The number of benzene rings is 1. The summed E-state index contributed by atoms with van der Waals surface area (Å²) in [5.74, 6) is 0.0940. The molecule has 0 atom stereocenters. The first kappa shape index (κ1) is 15.0. The van der Waals surface area contributed by atoms with E-state index < -0.39 is 6.16 Å². The third-order valence-electron chi connectivity index (χ3n) is 2.35. The number of carbonyl (C=O) groups excluding carboxylic acids is 2. The Morgan fingerprint density at radius 2 is 1.89 bits per heavy atom. The van der Waals surface area contributed by atoms with Crippen LogP contribution in [0, 0.1) is 0 Å². The summed E-state index contributed by atoms with van der Waals surface area (Å²) in [5.41, 5.74) is 0.451. The zero-order chi connectivity index (χ0) is 14.3. The Morgan fingerprint density at radius 3 is 2.42 bits per heavy atom. The van der Waals surface area contributed by atoms with E-state index in [4.69, 9.17) is 9.84 Å². The van der Waals surface area contributed by atoms with Crippen LogP contribution >= 0.6 is 0 Å². The molecule has 0 spiro atoms. The quantitative estimate of drug-likeness (QED) is 0.642. The van der Waals surface area contributed by atoms with Crippen LogP contribution in [-0.2, 0) is 4.74 Å². The Bertz CT molecular complexity index is 429. The number of aliphatic hydroxyl groups excluding tert-OH is 1. The molecule has 0 saturated carbocycles. The number of nitrogens with zero attached hydrogens (tertiary/aromatic N) is 1.